The van der Waals surface area contributed by atoms with E-state index in [-0.39, 0.29) is 21.7 Å². The summed E-state index contributed by atoms with van der Waals surface area (Å²) in [6.07, 6.45) is 1.00. The molecule has 0 fully saturated rings. The molecule has 10 aromatic rings. The van der Waals surface area contributed by atoms with Crippen molar-refractivity contribution < 1.29 is 0 Å². The zero-order chi connectivity index (χ0) is 50.6. The lowest BCUT2D eigenvalue weighted by atomic mass is 9.75. The largest absolute Gasteiger partial charge is 0.310 e. The molecule has 0 aliphatic heterocycles. The van der Waals surface area contributed by atoms with E-state index in [9.17, 15) is 0 Å². The molecular formula is C72H62N2. The highest BCUT2D eigenvalue weighted by molar-refractivity contribution is 5.88. The van der Waals surface area contributed by atoms with Gasteiger partial charge in [-0.1, -0.05) is 212 Å². The molecule has 74 heavy (non-hydrogen) atoms. The first-order valence-corrected chi connectivity index (χ1v) is 26.5. The van der Waals surface area contributed by atoms with Gasteiger partial charge in [-0.15, -0.1) is 0 Å². The molecule has 13 rings (SSSR count). The molecule has 0 heterocycles. The number of hydrogen-bond donors (Lipinski definition) is 0. The molecule has 2 nitrogen and oxygen atoms in total. The van der Waals surface area contributed by atoms with Gasteiger partial charge >= 0.3 is 0 Å². The smallest absolute Gasteiger partial charge is 0.0465 e. The maximum atomic E-state index is 2.50. The number of nitrogens with zero attached hydrogens (tertiary/aromatic N) is 2. The van der Waals surface area contributed by atoms with E-state index in [4.69, 9.17) is 0 Å². The van der Waals surface area contributed by atoms with Crippen molar-refractivity contribution in [2.24, 2.45) is 0 Å². The van der Waals surface area contributed by atoms with Crippen LogP contribution in [-0.4, -0.2) is 0 Å². The van der Waals surface area contributed by atoms with Gasteiger partial charge in [0.2, 0.25) is 0 Å². The molecule has 0 radical (unpaired) electrons. The number of anilines is 6. The number of hydrogen-bond acceptors (Lipinski definition) is 2. The van der Waals surface area contributed by atoms with Crippen LogP contribution in [0.4, 0.5) is 34.1 Å². The molecule has 0 amide bonds. The predicted molar refractivity (Wildman–Crippen MR) is 312 cm³/mol. The highest BCUT2D eigenvalue weighted by Gasteiger charge is 2.46. The maximum absolute atomic E-state index is 2.50. The first-order chi connectivity index (χ1) is 35.8. The third kappa shape index (κ3) is 7.21. The van der Waals surface area contributed by atoms with Crippen molar-refractivity contribution >= 4 is 34.1 Å². The minimum atomic E-state index is -0.201. The third-order valence-electron chi connectivity index (χ3n) is 17.3. The zero-order valence-corrected chi connectivity index (χ0v) is 43.6. The van der Waals surface area contributed by atoms with E-state index in [0.717, 1.165) is 29.2 Å². The fraction of sp³-hybridized carbons (Fsp3) is 0.167. The molecule has 0 saturated heterocycles. The van der Waals surface area contributed by atoms with E-state index in [1.54, 1.807) is 0 Å². The fourth-order valence-electron chi connectivity index (χ4n) is 13.4. The molecule has 10 aromatic carbocycles. The lowest BCUT2D eigenvalue weighted by molar-refractivity contribution is 0.425. The summed E-state index contributed by atoms with van der Waals surface area (Å²) in [6.45, 7) is 16.8. The van der Waals surface area contributed by atoms with Crippen molar-refractivity contribution in [3.8, 4) is 44.5 Å². The Morgan fingerprint density at radius 1 is 0.270 bits per heavy atom. The molecule has 0 saturated carbocycles. The van der Waals surface area contributed by atoms with Crippen molar-refractivity contribution in [2.75, 3.05) is 9.80 Å². The van der Waals surface area contributed by atoms with Crippen LogP contribution in [0.2, 0.25) is 0 Å². The topological polar surface area (TPSA) is 6.48 Å². The molecule has 3 aliphatic carbocycles. The molecule has 0 bridgehead atoms. The third-order valence-corrected chi connectivity index (χ3v) is 17.3. The minimum absolute atomic E-state index is 0.0789. The number of benzene rings is 10. The van der Waals surface area contributed by atoms with Crippen LogP contribution in [0.25, 0.3) is 44.5 Å². The summed E-state index contributed by atoms with van der Waals surface area (Å²) in [6, 6.07) is 88.5. The van der Waals surface area contributed by atoms with Gasteiger partial charge in [-0.3, -0.25) is 0 Å². The Kier molecular flexibility index (Phi) is 10.4. The average Bonchev–Trinajstić information content (AvgIpc) is 3.91. The highest BCUT2D eigenvalue weighted by atomic mass is 15.1. The SMILES string of the molecule is CC1(C)CC(C)(c2ccc(N(c3ccc(-c4ccccc4)cc3)c3ccc4c(c3)C(C)(C)c3ccccc3-4)cc2)c2ccc(N(c3ccc(-c4ccccc4)cc3)c3ccc4c(c3)C(C)(C)c3ccccc3-4)cc21. The van der Waals surface area contributed by atoms with Crippen LogP contribution < -0.4 is 9.80 Å². The molecule has 0 spiro atoms. The summed E-state index contributed by atoms with van der Waals surface area (Å²) >= 11 is 0. The number of rotatable bonds is 9. The van der Waals surface area contributed by atoms with E-state index in [0.29, 0.717) is 0 Å². The van der Waals surface area contributed by atoms with Crippen LogP contribution in [0.15, 0.2) is 237 Å². The normalized spacial score (nSPS) is 16.9. The Labute approximate surface area is 438 Å². The Balaban J connectivity index is 0.885. The van der Waals surface area contributed by atoms with Crippen LogP contribution in [0.5, 0.6) is 0 Å². The molecule has 0 N–H and O–H groups in total. The Bertz CT molecular complexity index is 3770. The predicted octanol–water partition coefficient (Wildman–Crippen LogP) is 19.6. The molecular weight excluding hydrogens is 893 g/mol. The molecule has 1 atom stereocenters. The monoisotopic (exact) mass is 954 g/mol. The molecule has 360 valence electrons. The minimum Gasteiger partial charge on any atom is -0.310 e. The van der Waals surface area contributed by atoms with Gasteiger partial charge in [0.05, 0.1) is 0 Å². The Morgan fingerprint density at radius 3 is 1.07 bits per heavy atom. The summed E-state index contributed by atoms with van der Waals surface area (Å²) in [5, 5.41) is 0. The zero-order valence-electron chi connectivity index (χ0n) is 43.6. The van der Waals surface area contributed by atoms with E-state index in [1.807, 2.05) is 0 Å². The summed E-state index contributed by atoms with van der Waals surface area (Å²) in [4.78, 5) is 4.92. The van der Waals surface area contributed by atoms with Crippen molar-refractivity contribution in [1.82, 2.24) is 0 Å². The lowest BCUT2D eigenvalue weighted by Crippen LogP contribution is -2.23. The summed E-state index contributed by atoms with van der Waals surface area (Å²) in [5.41, 5.74) is 26.3. The second kappa shape index (κ2) is 16.9. The quantitative estimate of drug-likeness (QED) is 0.142. The van der Waals surface area contributed by atoms with Crippen molar-refractivity contribution in [2.45, 2.75) is 76.5 Å². The van der Waals surface area contributed by atoms with Crippen LogP contribution in [0.3, 0.4) is 0 Å². The van der Waals surface area contributed by atoms with E-state index >= 15 is 0 Å². The van der Waals surface area contributed by atoms with Crippen LogP contribution >= 0.6 is 0 Å². The van der Waals surface area contributed by atoms with E-state index in [2.05, 4.69) is 295 Å². The van der Waals surface area contributed by atoms with Crippen molar-refractivity contribution in [3.63, 3.8) is 0 Å². The summed E-state index contributed by atoms with van der Waals surface area (Å²) in [5.74, 6) is 0. The van der Waals surface area contributed by atoms with Crippen molar-refractivity contribution in [3.05, 3.63) is 276 Å². The lowest BCUT2D eigenvalue weighted by Gasteiger charge is -2.31. The van der Waals surface area contributed by atoms with Gasteiger partial charge in [0.1, 0.15) is 0 Å². The highest BCUT2D eigenvalue weighted by Crippen LogP contribution is 2.56. The van der Waals surface area contributed by atoms with Crippen LogP contribution in [0, 0.1) is 0 Å². The average molecular weight is 955 g/mol. The van der Waals surface area contributed by atoms with Gasteiger partial charge in [0.25, 0.3) is 0 Å². The summed E-state index contributed by atoms with van der Waals surface area (Å²) in [7, 11) is 0. The molecule has 1 unspecified atom stereocenters. The first kappa shape index (κ1) is 45.6. The van der Waals surface area contributed by atoms with E-state index < -0.39 is 0 Å². The molecule has 3 aliphatic rings. The van der Waals surface area contributed by atoms with Gasteiger partial charge in [-0.05, 0) is 168 Å². The van der Waals surface area contributed by atoms with Gasteiger partial charge in [0.15, 0.2) is 0 Å². The standard InChI is InChI=1S/C72H62N2/c1-69(2)47-72(7,52-30-36-55(37-31-52)73(53-32-26-50(27-33-53)48-18-10-8-11-19-48)56-38-41-61-59-22-14-16-24-63(59)70(3,4)66(61)44-56)65-43-40-58(46-68(65)69)74(54-34-28-51(29-35-54)49-20-12-9-13-21-49)57-39-42-62-60-23-15-17-25-64(60)71(5,6)67(62)45-57/h8-46H,47H2,1-7H3. The van der Waals surface area contributed by atoms with Gasteiger partial charge in [0, 0.05) is 50.4 Å². The van der Waals surface area contributed by atoms with Gasteiger partial charge in [-0.2, -0.15) is 0 Å². The van der Waals surface area contributed by atoms with Gasteiger partial charge in [-0.25, -0.2) is 0 Å². The van der Waals surface area contributed by atoms with Crippen LogP contribution in [0.1, 0.15) is 93.8 Å². The number of fused-ring (bicyclic) bond motifs is 7. The maximum Gasteiger partial charge on any atom is 0.0465 e. The Hall–Kier alpha value is -8.20. The van der Waals surface area contributed by atoms with Gasteiger partial charge < -0.3 is 9.80 Å². The fourth-order valence-corrected chi connectivity index (χ4v) is 13.4. The Morgan fingerprint density at radius 2 is 0.608 bits per heavy atom. The second-order valence-corrected chi connectivity index (χ2v) is 23.0. The van der Waals surface area contributed by atoms with Crippen molar-refractivity contribution in [1.29, 1.82) is 0 Å². The van der Waals surface area contributed by atoms with Crippen LogP contribution in [-0.2, 0) is 21.7 Å². The molecule has 0 aromatic heterocycles. The second-order valence-electron chi connectivity index (χ2n) is 23.0. The first-order valence-electron chi connectivity index (χ1n) is 26.5. The molecule has 2 heteroatoms. The van der Waals surface area contributed by atoms with E-state index in [1.165, 1.54) is 94.8 Å². The summed E-state index contributed by atoms with van der Waals surface area (Å²) < 4.78 is 0.